The average Bonchev–Trinajstić information content (AvgIpc) is 2.51. The van der Waals surface area contributed by atoms with Gasteiger partial charge in [-0.3, -0.25) is 4.79 Å². The fraction of sp³-hybridized carbons (Fsp3) is 0.696. The molecule has 0 aliphatic carbocycles. The maximum Gasteiger partial charge on any atom is 0.310 e. The third-order valence-electron chi connectivity index (χ3n) is 4.71. The molecule has 0 radical (unpaired) electrons. The Labute approximate surface area is 160 Å². The fourth-order valence-corrected chi connectivity index (χ4v) is 3.12. The maximum absolute atomic E-state index is 12.1. The Balaban J connectivity index is 2.37. The molecule has 3 heteroatoms. The molecule has 0 spiro atoms. The van der Waals surface area contributed by atoms with Crippen LogP contribution in [0.3, 0.4) is 0 Å². The first-order valence-electron chi connectivity index (χ1n) is 10.1. The molecule has 0 aromatic heterocycles. The molecule has 148 valence electrons. The van der Waals surface area contributed by atoms with Gasteiger partial charge in [0.15, 0.2) is 0 Å². The van der Waals surface area contributed by atoms with Gasteiger partial charge in [0.1, 0.15) is 5.75 Å². The van der Waals surface area contributed by atoms with E-state index in [0.29, 0.717) is 12.4 Å². The molecule has 0 saturated heterocycles. The summed E-state index contributed by atoms with van der Waals surface area (Å²) >= 11 is 0. The third kappa shape index (κ3) is 8.25. The molecule has 0 unspecified atom stereocenters. The molecule has 1 aromatic rings. The van der Waals surface area contributed by atoms with E-state index in [-0.39, 0.29) is 17.8 Å². The van der Waals surface area contributed by atoms with E-state index in [0.717, 1.165) is 35.4 Å². The van der Waals surface area contributed by atoms with Crippen LogP contribution in [-0.2, 0) is 21.4 Å². The molecule has 0 atom stereocenters. The predicted octanol–water partition coefficient (Wildman–Crippen LogP) is 6.08. The highest BCUT2D eigenvalue weighted by Gasteiger charge is 2.20. The molecule has 0 aliphatic rings. The minimum Gasteiger partial charge on any atom is -0.507 e. The number of phenolic OH excluding ortho intramolecular Hbond substituents is 1. The number of hydrogen-bond acceptors (Lipinski definition) is 3. The van der Waals surface area contributed by atoms with Gasteiger partial charge in [0.2, 0.25) is 0 Å². The SMILES string of the molecule is Cc1cc(CC(=O)OCCCCCCCC(C)C)cc(C(C)(C)C)c1O. The van der Waals surface area contributed by atoms with Crippen molar-refractivity contribution in [2.24, 2.45) is 5.92 Å². The molecule has 1 aromatic carbocycles. The minimum absolute atomic E-state index is 0.162. The Hall–Kier alpha value is -1.51. The van der Waals surface area contributed by atoms with Crippen molar-refractivity contribution >= 4 is 5.97 Å². The molecule has 3 nitrogen and oxygen atoms in total. The Morgan fingerprint density at radius 2 is 1.69 bits per heavy atom. The van der Waals surface area contributed by atoms with Gasteiger partial charge in [0.25, 0.3) is 0 Å². The summed E-state index contributed by atoms with van der Waals surface area (Å²) in [7, 11) is 0. The van der Waals surface area contributed by atoms with Crippen LogP contribution in [0.2, 0.25) is 0 Å². The molecule has 1 N–H and O–H groups in total. The van der Waals surface area contributed by atoms with Crippen molar-refractivity contribution in [1.29, 1.82) is 0 Å². The Kier molecular flexibility index (Phi) is 9.18. The van der Waals surface area contributed by atoms with Gasteiger partial charge in [-0.25, -0.2) is 0 Å². The van der Waals surface area contributed by atoms with E-state index >= 15 is 0 Å². The van der Waals surface area contributed by atoms with Gasteiger partial charge in [-0.15, -0.1) is 0 Å². The number of ether oxygens (including phenoxy) is 1. The van der Waals surface area contributed by atoms with E-state index in [1.165, 1.54) is 25.7 Å². The lowest BCUT2D eigenvalue weighted by molar-refractivity contribution is -0.142. The monoisotopic (exact) mass is 362 g/mol. The molecular weight excluding hydrogens is 324 g/mol. The third-order valence-corrected chi connectivity index (χ3v) is 4.71. The van der Waals surface area contributed by atoms with Gasteiger partial charge in [-0.05, 0) is 41.4 Å². The largest absolute Gasteiger partial charge is 0.507 e. The van der Waals surface area contributed by atoms with Crippen molar-refractivity contribution in [3.63, 3.8) is 0 Å². The summed E-state index contributed by atoms with van der Waals surface area (Å²) in [5.74, 6) is 0.931. The van der Waals surface area contributed by atoms with Gasteiger partial charge >= 0.3 is 5.97 Å². The standard InChI is InChI=1S/C23H38O3/c1-17(2)12-10-8-7-9-11-13-26-21(24)16-19-14-18(3)22(25)20(15-19)23(4,5)6/h14-15,17,25H,7-13,16H2,1-6H3. The summed E-state index contributed by atoms with van der Waals surface area (Å²) in [6.07, 6.45) is 7.42. The number of aryl methyl sites for hydroxylation is 1. The number of carbonyl (C=O) groups is 1. The smallest absolute Gasteiger partial charge is 0.310 e. The normalized spacial score (nSPS) is 11.8. The number of aromatic hydroxyl groups is 1. The highest BCUT2D eigenvalue weighted by Crippen LogP contribution is 2.34. The topological polar surface area (TPSA) is 46.5 Å². The van der Waals surface area contributed by atoms with E-state index in [1.807, 2.05) is 19.1 Å². The summed E-state index contributed by atoms with van der Waals surface area (Å²) < 4.78 is 5.38. The Morgan fingerprint density at radius 3 is 2.31 bits per heavy atom. The maximum atomic E-state index is 12.1. The van der Waals surface area contributed by atoms with Crippen molar-refractivity contribution in [3.05, 3.63) is 28.8 Å². The van der Waals surface area contributed by atoms with Gasteiger partial charge in [-0.2, -0.15) is 0 Å². The molecule has 0 heterocycles. The van der Waals surface area contributed by atoms with E-state index in [9.17, 15) is 9.90 Å². The van der Waals surface area contributed by atoms with Crippen LogP contribution in [0.1, 0.15) is 89.8 Å². The molecule has 0 aliphatic heterocycles. The highest BCUT2D eigenvalue weighted by molar-refractivity contribution is 5.73. The van der Waals surface area contributed by atoms with Crippen LogP contribution in [-0.4, -0.2) is 17.7 Å². The number of benzene rings is 1. The van der Waals surface area contributed by atoms with Crippen molar-refractivity contribution in [3.8, 4) is 5.75 Å². The van der Waals surface area contributed by atoms with Crippen molar-refractivity contribution in [1.82, 2.24) is 0 Å². The van der Waals surface area contributed by atoms with Crippen LogP contribution in [0.5, 0.6) is 5.75 Å². The highest BCUT2D eigenvalue weighted by atomic mass is 16.5. The molecule has 0 bridgehead atoms. The van der Waals surface area contributed by atoms with Crippen LogP contribution >= 0.6 is 0 Å². The first-order chi connectivity index (χ1) is 12.1. The minimum atomic E-state index is -0.185. The van der Waals surface area contributed by atoms with Crippen LogP contribution in [0.25, 0.3) is 0 Å². The predicted molar refractivity (Wildman–Crippen MR) is 109 cm³/mol. The van der Waals surface area contributed by atoms with E-state index in [2.05, 4.69) is 34.6 Å². The van der Waals surface area contributed by atoms with Crippen LogP contribution in [0.4, 0.5) is 0 Å². The zero-order valence-electron chi connectivity index (χ0n) is 17.7. The Morgan fingerprint density at radius 1 is 1.08 bits per heavy atom. The Bertz CT molecular complexity index is 568. The number of esters is 1. The van der Waals surface area contributed by atoms with E-state index in [4.69, 9.17) is 4.74 Å². The molecular formula is C23H38O3. The van der Waals surface area contributed by atoms with Crippen LogP contribution in [0.15, 0.2) is 12.1 Å². The zero-order chi connectivity index (χ0) is 19.7. The second-order valence-electron chi connectivity index (χ2n) is 8.91. The van der Waals surface area contributed by atoms with Gasteiger partial charge in [0.05, 0.1) is 13.0 Å². The second kappa shape index (κ2) is 10.6. The summed E-state index contributed by atoms with van der Waals surface area (Å²) in [6.45, 7) is 13.1. The lowest BCUT2D eigenvalue weighted by Crippen LogP contribution is -2.14. The van der Waals surface area contributed by atoms with Gasteiger partial charge in [0, 0.05) is 0 Å². The molecule has 0 saturated carbocycles. The number of carbonyl (C=O) groups excluding carboxylic acids is 1. The summed E-state index contributed by atoms with van der Waals surface area (Å²) in [6, 6.07) is 3.80. The van der Waals surface area contributed by atoms with Crippen molar-refractivity contribution < 1.29 is 14.6 Å². The van der Waals surface area contributed by atoms with Crippen molar-refractivity contribution in [2.75, 3.05) is 6.61 Å². The molecule has 0 fully saturated rings. The average molecular weight is 363 g/mol. The summed E-state index contributed by atoms with van der Waals surface area (Å²) in [5.41, 5.74) is 2.43. The zero-order valence-corrected chi connectivity index (χ0v) is 17.7. The lowest BCUT2D eigenvalue weighted by Gasteiger charge is -2.22. The quantitative estimate of drug-likeness (QED) is 0.405. The number of phenols is 1. The summed E-state index contributed by atoms with van der Waals surface area (Å²) in [4.78, 5) is 12.1. The second-order valence-corrected chi connectivity index (χ2v) is 8.91. The molecule has 0 amide bonds. The number of hydrogen-bond donors (Lipinski definition) is 1. The van der Waals surface area contributed by atoms with E-state index < -0.39 is 0 Å². The first-order valence-corrected chi connectivity index (χ1v) is 10.1. The van der Waals surface area contributed by atoms with Crippen LogP contribution < -0.4 is 0 Å². The molecule has 26 heavy (non-hydrogen) atoms. The van der Waals surface area contributed by atoms with Gasteiger partial charge in [-0.1, -0.05) is 78.9 Å². The van der Waals surface area contributed by atoms with Crippen LogP contribution in [0, 0.1) is 12.8 Å². The van der Waals surface area contributed by atoms with Crippen molar-refractivity contribution in [2.45, 2.75) is 91.9 Å². The number of unbranched alkanes of at least 4 members (excludes halogenated alkanes) is 4. The van der Waals surface area contributed by atoms with Gasteiger partial charge < -0.3 is 9.84 Å². The summed E-state index contributed by atoms with van der Waals surface area (Å²) in [5, 5.41) is 10.3. The first kappa shape index (κ1) is 22.5. The van der Waals surface area contributed by atoms with E-state index in [1.54, 1.807) is 0 Å². The fourth-order valence-electron chi connectivity index (χ4n) is 3.12. The lowest BCUT2D eigenvalue weighted by atomic mass is 9.84. The number of rotatable bonds is 10. The molecule has 1 rings (SSSR count).